The van der Waals surface area contributed by atoms with Crippen molar-refractivity contribution in [1.82, 2.24) is 19.7 Å². The maximum Gasteiger partial charge on any atom is 0.146 e. The van der Waals surface area contributed by atoms with E-state index >= 15 is 0 Å². The van der Waals surface area contributed by atoms with Gasteiger partial charge < -0.3 is 14.4 Å². The van der Waals surface area contributed by atoms with Crippen molar-refractivity contribution in [3.63, 3.8) is 0 Å². The molecule has 1 aromatic carbocycles. The molecule has 6 heteroatoms. The number of para-hydroxylation sites is 1. The van der Waals surface area contributed by atoms with Crippen molar-refractivity contribution in [3.8, 4) is 5.75 Å². The molecule has 2 aromatic rings. The van der Waals surface area contributed by atoms with Crippen LogP contribution in [0, 0.1) is 0 Å². The first-order chi connectivity index (χ1) is 11.1. The quantitative estimate of drug-likeness (QED) is 0.801. The largest absolute Gasteiger partial charge is 0.491 e. The number of rotatable bonds is 8. The van der Waals surface area contributed by atoms with E-state index in [1.165, 1.54) is 12.8 Å². The summed E-state index contributed by atoms with van der Waals surface area (Å²) in [4.78, 5) is 2.04. The highest BCUT2D eigenvalue weighted by atomic mass is 16.5. The lowest BCUT2D eigenvalue weighted by atomic mass is 10.3. The lowest BCUT2D eigenvalue weighted by Gasteiger charge is -2.20. The standard InChI is InChI=1S/C17H24N4O2/c1-20(10-14(22)12-23-15-6-4-3-5-7-15)11-16-18-19-17(21(16)2)13-8-9-13/h3-7,13-14,22H,8-12H2,1-2H3. The highest BCUT2D eigenvalue weighted by molar-refractivity contribution is 5.20. The molecule has 1 heterocycles. The smallest absolute Gasteiger partial charge is 0.146 e. The zero-order valence-corrected chi connectivity index (χ0v) is 13.7. The summed E-state index contributed by atoms with van der Waals surface area (Å²) in [5.41, 5.74) is 0. The van der Waals surface area contributed by atoms with Gasteiger partial charge in [-0.3, -0.25) is 4.90 Å². The van der Waals surface area contributed by atoms with Crippen LogP contribution in [0.2, 0.25) is 0 Å². The van der Waals surface area contributed by atoms with E-state index in [0.29, 0.717) is 19.0 Å². The summed E-state index contributed by atoms with van der Waals surface area (Å²) >= 11 is 0. The van der Waals surface area contributed by atoms with Crippen molar-refractivity contribution in [3.05, 3.63) is 42.0 Å². The van der Waals surface area contributed by atoms with Crippen molar-refractivity contribution < 1.29 is 9.84 Å². The molecule has 0 bridgehead atoms. The number of nitrogens with zero attached hydrogens (tertiary/aromatic N) is 4. The number of ether oxygens (including phenoxy) is 1. The van der Waals surface area contributed by atoms with Crippen LogP contribution < -0.4 is 4.74 Å². The third-order valence-electron chi connectivity index (χ3n) is 4.06. The molecule has 0 radical (unpaired) electrons. The maximum atomic E-state index is 10.1. The van der Waals surface area contributed by atoms with E-state index in [-0.39, 0.29) is 6.61 Å². The Balaban J connectivity index is 1.46. The van der Waals surface area contributed by atoms with Crippen LogP contribution in [-0.4, -0.2) is 51.1 Å². The van der Waals surface area contributed by atoms with Crippen LogP contribution in [0.5, 0.6) is 5.75 Å². The van der Waals surface area contributed by atoms with Crippen LogP contribution in [0.15, 0.2) is 30.3 Å². The van der Waals surface area contributed by atoms with Crippen LogP contribution in [0.3, 0.4) is 0 Å². The van der Waals surface area contributed by atoms with E-state index in [2.05, 4.69) is 14.8 Å². The second-order valence-electron chi connectivity index (χ2n) is 6.28. The van der Waals surface area contributed by atoms with Crippen LogP contribution in [0.4, 0.5) is 0 Å². The third-order valence-corrected chi connectivity index (χ3v) is 4.06. The second kappa shape index (κ2) is 7.10. The molecule has 0 amide bonds. The Labute approximate surface area is 136 Å². The number of likely N-dealkylation sites (N-methyl/N-ethyl adjacent to an activating group) is 1. The first-order valence-electron chi connectivity index (χ1n) is 8.06. The van der Waals surface area contributed by atoms with Crippen molar-refractivity contribution >= 4 is 0 Å². The number of aromatic nitrogens is 3. The van der Waals surface area contributed by atoms with Gasteiger partial charge in [-0.25, -0.2) is 0 Å². The molecule has 1 aliphatic carbocycles. The fraction of sp³-hybridized carbons (Fsp3) is 0.529. The van der Waals surface area contributed by atoms with Gasteiger partial charge >= 0.3 is 0 Å². The molecule has 0 spiro atoms. The van der Waals surface area contributed by atoms with Crippen LogP contribution in [-0.2, 0) is 13.6 Å². The molecule has 6 nitrogen and oxygen atoms in total. The van der Waals surface area contributed by atoms with Crippen molar-refractivity contribution in [1.29, 1.82) is 0 Å². The minimum atomic E-state index is -0.545. The van der Waals surface area contributed by atoms with Crippen molar-refractivity contribution in [2.24, 2.45) is 7.05 Å². The fourth-order valence-corrected chi connectivity index (χ4v) is 2.64. The molecule has 1 aliphatic rings. The van der Waals surface area contributed by atoms with Gasteiger partial charge in [-0.2, -0.15) is 0 Å². The normalized spacial score (nSPS) is 15.8. The highest BCUT2D eigenvalue weighted by Gasteiger charge is 2.29. The summed E-state index contributed by atoms with van der Waals surface area (Å²) in [5.74, 6) is 3.39. The molecule has 1 unspecified atom stereocenters. The Morgan fingerprint density at radius 3 is 2.74 bits per heavy atom. The van der Waals surface area contributed by atoms with Gasteiger partial charge in [-0.05, 0) is 32.0 Å². The van der Waals surface area contributed by atoms with Gasteiger partial charge in [0.1, 0.15) is 30.1 Å². The van der Waals surface area contributed by atoms with Crippen LogP contribution in [0.25, 0.3) is 0 Å². The van der Waals surface area contributed by atoms with E-state index in [0.717, 1.165) is 17.4 Å². The Hall–Kier alpha value is -1.92. The molecule has 1 atom stereocenters. The van der Waals surface area contributed by atoms with Gasteiger partial charge in [0.15, 0.2) is 0 Å². The van der Waals surface area contributed by atoms with E-state index in [1.807, 2.05) is 49.3 Å². The summed E-state index contributed by atoms with van der Waals surface area (Å²) < 4.78 is 7.66. The molecule has 0 saturated heterocycles. The summed E-state index contributed by atoms with van der Waals surface area (Å²) in [7, 11) is 3.99. The number of hydrogen-bond donors (Lipinski definition) is 1. The SMILES string of the molecule is CN(Cc1nnc(C2CC2)n1C)CC(O)COc1ccccc1. The van der Waals surface area contributed by atoms with Gasteiger partial charge in [0.05, 0.1) is 6.54 Å². The van der Waals surface area contributed by atoms with Gasteiger partial charge in [-0.1, -0.05) is 18.2 Å². The molecule has 1 aromatic heterocycles. The number of hydrogen-bond acceptors (Lipinski definition) is 5. The molecule has 23 heavy (non-hydrogen) atoms. The first kappa shape index (κ1) is 16.0. The Morgan fingerprint density at radius 1 is 1.30 bits per heavy atom. The first-order valence-corrected chi connectivity index (χ1v) is 8.06. The molecule has 1 saturated carbocycles. The predicted molar refractivity (Wildman–Crippen MR) is 87.3 cm³/mol. The molecule has 3 rings (SSSR count). The lowest BCUT2D eigenvalue weighted by molar-refractivity contribution is 0.0734. The summed E-state index contributed by atoms with van der Waals surface area (Å²) in [6.07, 6.45) is 1.89. The molecule has 1 fully saturated rings. The topological polar surface area (TPSA) is 63.4 Å². The number of aliphatic hydroxyl groups excluding tert-OH is 1. The van der Waals surface area contributed by atoms with Crippen molar-refractivity contribution in [2.75, 3.05) is 20.2 Å². The van der Waals surface area contributed by atoms with E-state index in [4.69, 9.17) is 4.74 Å². The molecular weight excluding hydrogens is 292 g/mol. The minimum absolute atomic E-state index is 0.278. The van der Waals surface area contributed by atoms with E-state index in [9.17, 15) is 5.11 Å². The molecule has 1 N–H and O–H groups in total. The van der Waals surface area contributed by atoms with Crippen LogP contribution >= 0.6 is 0 Å². The molecule has 0 aliphatic heterocycles. The highest BCUT2D eigenvalue weighted by Crippen LogP contribution is 2.38. The number of benzene rings is 1. The van der Waals surface area contributed by atoms with E-state index < -0.39 is 6.10 Å². The van der Waals surface area contributed by atoms with Gasteiger partial charge in [0.25, 0.3) is 0 Å². The zero-order chi connectivity index (χ0) is 16.2. The Kier molecular flexibility index (Phi) is 4.93. The summed E-state index contributed by atoms with van der Waals surface area (Å²) in [5, 5.41) is 18.7. The van der Waals surface area contributed by atoms with Gasteiger partial charge in [-0.15, -0.1) is 10.2 Å². The van der Waals surface area contributed by atoms with Gasteiger partial charge in [0, 0.05) is 19.5 Å². The Bertz CT molecular complexity index is 625. The lowest BCUT2D eigenvalue weighted by Crippen LogP contribution is -2.33. The second-order valence-corrected chi connectivity index (χ2v) is 6.28. The maximum absolute atomic E-state index is 10.1. The minimum Gasteiger partial charge on any atom is -0.491 e. The Morgan fingerprint density at radius 2 is 2.04 bits per heavy atom. The monoisotopic (exact) mass is 316 g/mol. The zero-order valence-electron chi connectivity index (χ0n) is 13.7. The van der Waals surface area contributed by atoms with E-state index in [1.54, 1.807) is 0 Å². The summed E-state index contributed by atoms with van der Waals surface area (Å²) in [6, 6.07) is 9.54. The average Bonchev–Trinajstić information content (AvgIpc) is 3.32. The average molecular weight is 316 g/mol. The summed E-state index contributed by atoms with van der Waals surface area (Å²) in [6.45, 7) is 1.47. The third kappa shape index (κ3) is 4.30. The number of aliphatic hydroxyl groups is 1. The molecule has 124 valence electrons. The van der Waals surface area contributed by atoms with Crippen molar-refractivity contribution in [2.45, 2.75) is 31.4 Å². The molecular formula is C17H24N4O2. The fourth-order valence-electron chi connectivity index (χ4n) is 2.64. The predicted octanol–water partition coefficient (Wildman–Crippen LogP) is 1.56. The van der Waals surface area contributed by atoms with Gasteiger partial charge in [0.2, 0.25) is 0 Å². The van der Waals surface area contributed by atoms with Crippen LogP contribution in [0.1, 0.15) is 30.4 Å².